The fraction of sp³-hybridized carbons (Fsp3) is 0.197. The Kier molecular flexibility index (Phi) is 15.6. The lowest BCUT2D eigenvalue weighted by Crippen LogP contribution is -2.38. The second-order valence-electron chi connectivity index (χ2n) is 23.6. The van der Waals surface area contributed by atoms with Gasteiger partial charge in [0.15, 0.2) is 0 Å². The molecule has 90 heavy (non-hydrogen) atoms. The van der Waals surface area contributed by atoms with Gasteiger partial charge < -0.3 is 15.1 Å². The van der Waals surface area contributed by atoms with Gasteiger partial charge in [0.2, 0.25) is 0 Å². The number of carbonyl (C=O) groups is 3. The smallest absolute Gasteiger partial charge is 0.264 e. The van der Waals surface area contributed by atoms with Crippen molar-refractivity contribution in [3.63, 3.8) is 0 Å². The molecule has 4 aliphatic rings. The summed E-state index contributed by atoms with van der Waals surface area (Å²) in [7, 11) is -11.0. The first-order valence-corrected chi connectivity index (χ1v) is 34.5. The zero-order chi connectivity index (χ0) is 63.0. The van der Waals surface area contributed by atoms with Crippen LogP contribution in [0.4, 0.5) is 34.1 Å². The Morgan fingerprint density at radius 3 is 1.82 bits per heavy atom. The summed E-state index contributed by atoms with van der Waals surface area (Å²) in [4.78, 5) is 47.7. The van der Waals surface area contributed by atoms with Crippen molar-refractivity contribution in [1.29, 1.82) is 0 Å². The van der Waals surface area contributed by atoms with Gasteiger partial charge in [-0.1, -0.05) is 115 Å². The number of hydrogen-bond acceptors (Lipinski definition) is 9. The van der Waals surface area contributed by atoms with Crippen LogP contribution in [0.1, 0.15) is 92.0 Å². The number of nitrogens with zero attached hydrogens (tertiary/aromatic N) is 5. The van der Waals surface area contributed by atoms with E-state index in [-0.39, 0.29) is 49.9 Å². The lowest BCUT2D eigenvalue weighted by molar-refractivity contribution is 0.0974. The van der Waals surface area contributed by atoms with E-state index in [0.29, 0.717) is 82.4 Å². The van der Waals surface area contributed by atoms with E-state index in [0.717, 1.165) is 32.1 Å². The summed E-state index contributed by atoms with van der Waals surface area (Å²) >= 11 is 6.22. The van der Waals surface area contributed by atoms with Crippen LogP contribution in [0, 0.1) is 0 Å². The fourth-order valence-electron chi connectivity index (χ4n) is 13.5. The summed E-state index contributed by atoms with van der Waals surface area (Å²) < 4.78 is 91.1. The highest BCUT2D eigenvalue weighted by atomic mass is 35.5. The Morgan fingerprint density at radius 2 is 1.11 bits per heavy atom. The standard InChI is InChI=1S/C71H63ClN6O9S3/c1-45-37-63-61(27-16-32-68(63)76(45)71(81)53-21-14-24-58(41-53)88(82,83)74(4)57-23-15-22-56(72)44-57)54-39-55(43-60(42-54)90(86,87)78-47(3)36-51-19-7-11-30-66(51)78)70(80)75-34-33-48(62-26-8-12-31-67(62)75)38-49-17-5-9-28-64(49)73-69(79)52-20-13-25-59(40-52)89(84,85)77-46(2)35-50-18-6-10-29-65(50)77/h5-32,39-48H,33-38H2,1-4H3,(H,73,79). The maximum atomic E-state index is 15.6. The molecule has 0 fully saturated rings. The molecule has 4 atom stereocenters. The number of carbonyl (C=O) groups excluding carboxylic acids is 3. The van der Waals surface area contributed by atoms with Crippen LogP contribution in [0.5, 0.6) is 0 Å². The number of amides is 3. The van der Waals surface area contributed by atoms with Gasteiger partial charge in [0.1, 0.15) is 0 Å². The first-order valence-electron chi connectivity index (χ1n) is 29.8. The Balaban J connectivity index is 0.804. The van der Waals surface area contributed by atoms with E-state index in [2.05, 4.69) is 5.32 Å². The van der Waals surface area contributed by atoms with Gasteiger partial charge in [-0.15, -0.1) is 0 Å². The number of hydrogen-bond donors (Lipinski definition) is 1. The molecule has 0 saturated heterocycles. The van der Waals surface area contributed by atoms with Crippen molar-refractivity contribution in [2.24, 2.45) is 0 Å². The Hall–Kier alpha value is -9.07. The highest BCUT2D eigenvalue weighted by Gasteiger charge is 2.40. The maximum absolute atomic E-state index is 15.6. The molecule has 0 aliphatic carbocycles. The third-order valence-corrected chi connectivity index (χ3v) is 23.6. The van der Waals surface area contributed by atoms with Crippen LogP contribution in [0.15, 0.2) is 221 Å². The molecular weight excluding hydrogens is 1210 g/mol. The van der Waals surface area contributed by atoms with Crippen LogP contribution < -0.4 is 28.0 Å². The molecule has 0 saturated carbocycles. The number of fused-ring (bicyclic) bond motifs is 4. The number of rotatable bonds is 14. The molecule has 456 valence electrons. The molecule has 3 amide bonds. The first kappa shape index (κ1) is 59.9. The van der Waals surface area contributed by atoms with E-state index in [1.807, 2.05) is 118 Å². The first-order chi connectivity index (χ1) is 43.2. The van der Waals surface area contributed by atoms with Gasteiger partial charge >= 0.3 is 0 Å². The SMILES string of the molecule is CC1Cc2c(-c3cc(C(=O)N4CCC(Cc5ccccc5NC(=O)c5cccc(S(=O)(=O)N6c7ccccc7CC6C)c5)c5ccccc54)cc(S(=O)(=O)N4c5ccccc5CC4C)c3)cccc2N1C(=O)c1cccc(S(=O)(=O)N(C)c2cccc(Cl)c2)c1. The molecule has 15 nitrogen and oxygen atoms in total. The van der Waals surface area contributed by atoms with Gasteiger partial charge in [0.05, 0.1) is 31.7 Å². The maximum Gasteiger partial charge on any atom is 0.264 e. The molecular formula is C71H63ClN6O9S3. The zero-order valence-electron chi connectivity index (χ0n) is 49.7. The molecule has 1 N–H and O–H groups in total. The minimum atomic E-state index is -4.32. The predicted octanol–water partition coefficient (Wildman–Crippen LogP) is 13.3. The van der Waals surface area contributed by atoms with Crippen molar-refractivity contribution in [2.75, 3.05) is 41.6 Å². The minimum Gasteiger partial charge on any atom is -0.322 e. The van der Waals surface area contributed by atoms with Crippen molar-refractivity contribution in [3.05, 3.63) is 256 Å². The van der Waals surface area contributed by atoms with Crippen LogP contribution >= 0.6 is 11.6 Å². The molecule has 19 heteroatoms. The highest BCUT2D eigenvalue weighted by molar-refractivity contribution is 7.93. The molecule has 0 aromatic heterocycles. The summed E-state index contributed by atoms with van der Waals surface area (Å²) in [6.45, 7) is 5.91. The van der Waals surface area contributed by atoms with Crippen molar-refractivity contribution >= 4 is 93.5 Å². The summed E-state index contributed by atoms with van der Waals surface area (Å²) in [6, 6.07) is 57.6. The lowest BCUT2D eigenvalue weighted by atomic mass is 9.84. The normalized spacial score (nSPS) is 17.7. The van der Waals surface area contributed by atoms with E-state index >= 15 is 13.2 Å². The molecule has 4 heterocycles. The summed E-state index contributed by atoms with van der Waals surface area (Å²) in [5.41, 5.74) is 9.17. The number of sulfonamides is 3. The number of nitrogens with one attached hydrogen (secondary N) is 1. The third kappa shape index (κ3) is 10.7. The molecule has 9 aromatic carbocycles. The molecule has 13 rings (SSSR count). The number of para-hydroxylation sites is 4. The van der Waals surface area contributed by atoms with Gasteiger partial charge in [-0.3, -0.25) is 27.3 Å². The molecule has 4 aliphatic heterocycles. The molecule has 9 aromatic rings. The number of benzene rings is 9. The Morgan fingerprint density at radius 1 is 0.533 bits per heavy atom. The van der Waals surface area contributed by atoms with E-state index in [1.165, 1.54) is 52.1 Å². The lowest BCUT2D eigenvalue weighted by Gasteiger charge is -2.35. The van der Waals surface area contributed by atoms with Gasteiger partial charge in [-0.25, -0.2) is 25.3 Å². The Bertz CT molecular complexity index is 4770. The minimum absolute atomic E-state index is 0.0115. The number of anilines is 6. The van der Waals surface area contributed by atoms with Gasteiger partial charge in [-0.05, 0) is 201 Å². The van der Waals surface area contributed by atoms with Gasteiger partial charge in [-0.2, -0.15) is 0 Å². The van der Waals surface area contributed by atoms with Gasteiger partial charge in [0.25, 0.3) is 47.8 Å². The van der Waals surface area contributed by atoms with Crippen LogP contribution in [0.2, 0.25) is 5.02 Å². The molecule has 0 bridgehead atoms. The van der Waals surface area contributed by atoms with E-state index in [9.17, 15) is 26.4 Å². The van der Waals surface area contributed by atoms with E-state index in [1.54, 1.807) is 82.6 Å². The molecule has 0 spiro atoms. The quantitative estimate of drug-likeness (QED) is 0.111. The average Bonchev–Trinajstić information content (AvgIpc) is 1.57. The fourth-order valence-corrected chi connectivity index (χ4v) is 18.4. The van der Waals surface area contributed by atoms with Gasteiger partial charge in [0, 0.05) is 70.5 Å². The van der Waals surface area contributed by atoms with Crippen LogP contribution in [-0.2, 0) is 55.8 Å². The van der Waals surface area contributed by atoms with Crippen molar-refractivity contribution in [3.8, 4) is 11.1 Å². The number of halogens is 1. The summed E-state index contributed by atoms with van der Waals surface area (Å²) in [5, 5.41) is 3.43. The molecule has 4 unspecified atom stereocenters. The van der Waals surface area contributed by atoms with Crippen LogP contribution in [0.3, 0.4) is 0 Å². The summed E-state index contributed by atoms with van der Waals surface area (Å²) in [5.74, 6) is -1.44. The second kappa shape index (κ2) is 23.4. The van der Waals surface area contributed by atoms with Crippen molar-refractivity contribution in [1.82, 2.24) is 0 Å². The molecule has 0 radical (unpaired) electrons. The van der Waals surface area contributed by atoms with Crippen molar-refractivity contribution < 1.29 is 39.6 Å². The topological polar surface area (TPSA) is 182 Å². The predicted molar refractivity (Wildman–Crippen MR) is 354 cm³/mol. The van der Waals surface area contributed by atoms with E-state index < -0.39 is 59.9 Å². The Labute approximate surface area is 529 Å². The third-order valence-electron chi connectivity index (χ3n) is 17.8. The van der Waals surface area contributed by atoms with E-state index in [4.69, 9.17) is 11.6 Å². The monoisotopic (exact) mass is 1270 g/mol. The second-order valence-corrected chi connectivity index (χ2v) is 29.6. The summed E-state index contributed by atoms with van der Waals surface area (Å²) in [6.07, 6.45) is 2.43. The zero-order valence-corrected chi connectivity index (χ0v) is 52.9. The van der Waals surface area contributed by atoms with Crippen LogP contribution in [-0.4, -0.2) is 74.7 Å². The van der Waals surface area contributed by atoms with Crippen molar-refractivity contribution in [2.45, 2.75) is 91.6 Å². The van der Waals surface area contributed by atoms with Crippen LogP contribution in [0.25, 0.3) is 11.1 Å². The average molecular weight is 1280 g/mol. The highest BCUT2D eigenvalue weighted by Crippen LogP contribution is 2.45. The largest absolute Gasteiger partial charge is 0.322 e.